The van der Waals surface area contributed by atoms with Crippen LogP contribution in [0.25, 0.3) is 10.9 Å². The van der Waals surface area contributed by atoms with E-state index < -0.39 is 0 Å². The van der Waals surface area contributed by atoms with E-state index >= 15 is 0 Å². The Kier molecular flexibility index (Phi) is 5.86. The highest BCUT2D eigenvalue weighted by Gasteiger charge is 2.31. The van der Waals surface area contributed by atoms with Gasteiger partial charge in [-0.15, -0.1) is 11.8 Å². The maximum absolute atomic E-state index is 13.2. The molecule has 2 heterocycles. The highest BCUT2D eigenvalue weighted by atomic mass is 32.2. The number of amides is 2. The lowest BCUT2D eigenvalue weighted by atomic mass is 10.1. The fraction of sp³-hybridized carbons (Fsp3) is 0.333. The molecule has 1 N–H and O–H groups in total. The molecule has 2 aromatic carbocycles. The summed E-state index contributed by atoms with van der Waals surface area (Å²) in [5.74, 6) is -0.0475. The third-order valence-corrected chi connectivity index (χ3v) is 6.49. The molecule has 0 unspecified atom stereocenters. The lowest BCUT2D eigenvalue weighted by Crippen LogP contribution is -2.31. The van der Waals surface area contributed by atoms with Gasteiger partial charge in [0.1, 0.15) is 5.69 Å². The molecule has 0 aliphatic carbocycles. The Morgan fingerprint density at radius 1 is 1.17 bits per heavy atom. The quantitative estimate of drug-likeness (QED) is 0.604. The summed E-state index contributed by atoms with van der Waals surface area (Å²) in [6.07, 6.45) is 4.19. The number of fused-ring (bicyclic) bond motifs is 1. The average Bonchev–Trinajstić information content (AvgIpc) is 3.28. The van der Waals surface area contributed by atoms with Crippen molar-refractivity contribution in [3.63, 3.8) is 0 Å². The standard InChI is InChI=1S/C24H27N3O2S/c1-16-6-11-20-19(15-16)22(27-14-4-5-21(27)28)23(26(20)2)24(29)25-13-12-17-7-9-18(30-3)10-8-17/h6-11,15H,4-5,12-14H2,1-3H3,(H,25,29). The van der Waals surface area contributed by atoms with Crippen molar-refractivity contribution in [3.8, 4) is 0 Å². The summed E-state index contributed by atoms with van der Waals surface area (Å²) in [7, 11) is 1.90. The van der Waals surface area contributed by atoms with Crippen LogP contribution in [0.4, 0.5) is 5.69 Å². The first-order valence-corrected chi connectivity index (χ1v) is 11.5. The van der Waals surface area contributed by atoms with Crippen molar-refractivity contribution < 1.29 is 9.59 Å². The number of hydrogen-bond donors (Lipinski definition) is 1. The largest absolute Gasteiger partial charge is 0.350 e. The van der Waals surface area contributed by atoms with Crippen molar-refractivity contribution in [2.75, 3.05) is 24.2 Å². The first kappa shape index (κ1) is 20.5. The van der Waals surface area contributed by atoms with E-state index in [0.717, 1.165) is 35.0 Å². The van der Waals surface area contributed by atoms with Gasteiger partial charge in [-0.05, 0) is 55.9 Å². The molecule has 1 aromatic heterocycles. The molecule has 30 heavy (non-hydrogen) atoms. The summed E-state index contributed by atoms with van der Waals surface area (Å²) in [6.45, 7) is 3.24. The van der Waals surface area contributed by atoms with Gasteiger partial charge in [-0.1, -0.05) is 23.8 Å². The number of aromatic nitrogens is 1. The Labute approximate surface area is 181 Å². The number of hydrogen-bond acceptors (Lipinski definition) is 3. The SMILES string of the molecule is CSc1ccc(CCNC(=O)c2c(N3CCCC3=O)c3cc(C)ccc3n2C)cc1. The number of anilines is 1. The number of carbonyl (C=O) groups excluding carboxylic acids is 2. The molecule has 4 rings (SSSR count). The number of aryl methyl sites for hydroxylation is 2. The molecule has 0 atom stereocenters. The molecule has 3 aromatic rings. The minimum atomic E-state index is -0.137. The van der Waals surface area contributed by atoms with E-state index in [-0.39, 0.29) is 11.8 Å². The summed E-state index contributed by atoms with van der Waals surface area (Å²) >= 11 is 1.72. The Morgan fingerprint density at radius 3 is 2.60 bits per heavy atom. The highest BCUT2D eigenvalue weighted by molar-refractivity contribution is 7.98. The second-order valence-corrected chi connectivity index (χ2v) is 8.66. The minimum Gasteiger partial charge on any atom is -0.350 e. The van der Waals surface area contributed by atoms with Crippen LogP contribution < -0.4 is 10.2 Å². The summed E-state index contributed by atoms with van der Waals surface area (Å²) < 4.78 is 1.91. The second-order valence-electron chi connectivity index (χ2n) is 7.78. The summed E-state index contributed by atoms with van der Waals surface area (Å²) in [6, 6.07) is 14.5. The lowest BCUT2D eigenvalue weighted by Gasteiger charge is -2.18. The molecule has 1 aliphatic heterocycles. The zero-order valence-corrected chi connectivity index (χ0v) is 18.5. The van der Waals surface area contributed by atoms with Crippen molar-refractivity contribution in [2.45, 2.75) is 31.1 Å². The number of nitrogens with one attached hydrogen (secondary N) is 1. The van der Waals surface area contributed by atoms with Crippen molar-refractivity contribution in [1.82, 2.24) is 9.88 Å². The summed E-state index contributed by atoms with van der Waals surface area (Å²) in [5, 5.41) is 4.03. The molecule has 1 aliphatic rings. The van der Waals surface area contributed by atoms with E-state index in [1.165, 1.54) is 10.5 Å². The van der Waals surface area contributed by atoms with Gasteiger partial charge < -0.3 is 14.8 Å². The van der Waals surface area contributed by atoms with Gasteiger partial charge in [-0.25, -0.2) is 0 Å². The fourth-order valence-corrected chi connectivity index (χ4v) is 4.56. The highest BCUT2D eigenvalue weighted by Crippen LogP contribution is 2.36. The van der Waals surface area contributed by atoms with Crippen LogP contribution in [-0.2, 0) is 18.3 Å². The van der Waals surface area contributed by atoms with Crippen LogP contribution in [0.15, 0.2) is 47.4 Å². The number of benzene rings is 2. The molecule has 5 nitrogen and oxygen atoms in total. The van der Waals surface area contributed by atoms with Gasteiger partial charge in [0.2, 0.25) is 5.91 Å². The average molecular weight is 422 g/mol. The molecule has 6 heteroatoms. The Balaban J connectivity index is 1.61. The Bertz CT molecular complexity index is 1100. The van der Waals surface area contributed by atoms with Crippen molar-refractivity contribution >= 4 is 40.2 Å². The van der Waals surface area contributed by atoms with Crippen LogP contribution in [0.5, 0.6) is 0 Å². The third-order valence-electron chi connectivity index (χ3n) is 5.74. The monoisotopic (exact) mass is 421 g/mol. The van der Waals surface area contributed by atoms with Gasteiger partial charge in [0.05, 0.1) is 11.2 Å². The second kappa shape index (κ2) is 8.56. The summed E-state index contributed by atoms with van der Waals surface area (Å²) in [4.78, 5) is 28.8. The number of thioether (sulfide) groups is 1. The number of rotatable bonds is 6. The van der Waals surface area contributed by atoms with Crippen LogP contribution in [0.1, 0.15) is 34.5 Å². The zero-order chi connectivity index (χ0) is 21.3. The minimum absolute atomic E-state index is 0.0898. The fourth-order valence-electron chi connectivity index (χ4n) is 4.15. The molecule has 1 fully saturated rings. The van der Waals surface area contributed by atoms with Crippen LogP contribution in [0.3, 0.4) is 0 Å². The van der Waals surface area contributed by atoms with Gasteiger partial charge in [0, 0.05) is 36.8 Å². The van der Waals surface area contributed by atoms with Crippen molar-refractivity contribution in [3.05, 3.63) is 59.3 Å². The van der Waals surface area contributed by atoms with E-state index in [0.29, 0.717) is 25.2 Å². The van der Waals surface area contributed by atoms with E-state index in [4.69, 9.17) is 0 Å². The molecule has 1 saturated heterocycles. The van der Waals surface area contributed by atoms with Gasteiger partial charge in [-0.3, -0.25) is 9.59 Å². The topological polar surface area (TPSA) is 54.3 Å². The lowest BCUT2D eigenvalue weighted by molar-refractivity contribution is -0.117. The van der Waals surface area contributed by atoms with E-state index in [2.05, 4.69) is 41.9 Å². The molecule has 156 valence electrons. The van der Waals surface area contributed by atoms with Crippen LogP contribution in [0, 0.1) is 6.92 Å². The van der Waals surface area contributed by atoms with Crippen LogP contribution in [-0.4, -0.2) is 35.7 Å². The first-order valence-electron chi connectivity index (χ1n) is 10.3. The molecule has 2 amide bonds. The predicted octanol–water partition coefficient (Wildman–Crippen LogP) is 4.31. The van der Waals surface area contributed by atoms with Crippen LogP contribution in [0.2, 0.25) is 0 Å². The third kappa shape index (κ3) is 3.84. The van der Waals surface area contributed by atoms with Gasteiger partial charge in [-0.2, -0.15) is 0 Å². The zero-order valence-electron chi connectivity index (χ0n) is 17.7. The summed E-state index contributed by atoms with van der Waals surface area (Å²) in [5.41, 5.74) is 4.58. The maximum atomic E-state index is 13.2. The first-order chi connectivity index (χ1) is 14.5. The van der Waals surface area contributed by atoms with E-state index in [1.807, 2.05) is 30.7 Å². The Hall–Kier alpha value is -2.73. The van der Waals surface area contributed by atoms with E-state index in [1.54, 1.807) is 16.7 Å². The smallest absolute Gasteiger partial charge is 0.270 e. The predicted molar refractivity (Wildman–Crippen MR) is 124 cm³/mol. The van der Waals surface area contributed by atoms with Gasteiger partial charge >= 0.3 is 0 Å². The van der Waals surface area contributed by atoms with Crippen LogP contribution >= 0.6 is 11.8 Å². The molecular formula is C24H27N3O2S. The molecule has 0 bridgehead atoms. The number of nitrogens with zero attached hydrogens (tertiary/aromatic N) is 2. The Morgan fingerprint density at radius 2 is 1.93 bits per heavy atom. The maximum Gasteiger partial charge on any atom is 0.270 e. The number of carbonyl (C=O) groups is 2. The molecule has 0 radical (unpaired) electrons. The molecular weight excluding hydrogens is 394 g/mol. The van der Waals surface area contributed by atoms with Gasteiger partial charge in [0.25, 0.3) is 5.91 Å². The molecule has 0 saturated carbocycles. The van der Waals surface area contributed by atoms with Gasteiger partial charge in [0.15, 0.2) is 0 Å². The normalized spacial score (nSPS) is 14.0. The van der Waals surface area contributed by atoms with Crippen molar-refractivity contribution in [1.29, 1.82) is 0 Å². The molecule has 0 spiro atoms. The van der Waals surface area contributed by atoms with Crippen molar-refractivity contribution in [2.24, 2.45) is 7.05 Å². The van der Waals surface area contributed by atoms with E-state index in [9.17, 15) is 9.59 Å².